The number of ketones is 1. The molecule has 164 valence electrons. The molecule has 2 spiro atoms. The molecule has 5 rings (SSSR count). The molecule has 5 aliphatic rings. The molecule has 9 unspecified atom stereocenters. The normalized spacial score (nSPS) is 56.2. The highest BCUT2D eigenvalue weighted by Gasteiger charge is 2.82. The fraction of sp³-hybridized carbons (Fsp3) is 0.962. The average molecular weight is 402 g/mol. The molecule has 0 heterocycles. The summed E-state index contributed by atoms with van der Waals surface area (Å²) in [6.07, 6.45) is 9.17. The van der Waals surface area contributed by atoms with Crippen LogP contribution < -0.4 is 0 Å². The fourth-order valence-corrected chi connectivity index (χ4v) is 10.5. The van der Waals surface area contributed by atoms with Crippen molar-refractivity contribution in [2.24, 2.45) is 44.8 Å². The van der Waals surface area contributed by atoms with E-state index in [1.54, 1.807) is 0 Å². The van der Waals surface area contributed by atoms with Crippen molar-refractivity contribution < 1.29 is 9.90 Å². The van der Waals surface area contributed by atoms with Crippen molar-refractivity contribution >= 4 is 5.78 Å². The lowest BCUT2D eigenvalue weighted by atomic mass is 9.42. The predicted molar refractivity (Wildman–Crippen MR) is 116 cm³/mol. The van der Waals surface area contributed by atoms with Gasteiger partial charge in [-0.1, -0.05) is 27.7 Å². The van der Waals surface area contributed by atoms with E-state index in [-0.39, 0.29) is 22.3 Å². The summed E-state index contributed by atoms with van der Waals surface area (Å²) in [5.74, 6) is 2.18. The molecule has 3 heteroatoms. The quantitative estimate of drug-likeness (QED) is 0.714. The Balaban J connectivity index is 1.54. The van der Waals surface area contributed by atoms with Crippen molar-refractivity contribution in [3.05, 3.63) is 0 Å². The van der Waals surface area contributed by atoms with E-state index in [1.165, 1.54) is 32.1 Å². The largest absolute Gasteiger partial charge is 0.393 e. The summed E-state index contributed by atoms with van der Waals surface area (Å²) < 4.78 is 0. The smallest absolute Gasteiger partial charge is 0.138 e. The maximum absolute atomic E-state index is 12.8. The van der Waals surface area contributed by atoms with Crippen LogP contribution >= 0.6 is 0 Å². The van der Waals surface area contributed by atoms with Gasteiger partial charge in [0.15, 0.2) is 0 Å². The molecule has 3 nitrogen and oxygen atoms in total. The minimum atomic E-state index is -0.186. The lowest BCUT2D eigenvalue weighted by Crippen LogP contribution is -2.58. The number of aliphatic hydroxyl groups excluding tert-OH is 1. The van der Waals surface area contributed by atoms with Gasteiger partial charge in [-0.05, 0) is 99.5 Å². The molecule has 0 amide bonds. The van der Waals surface area contributed by atoms with Crippen LogP contribution in [0, 0.1) is 44.8 Å². The van der Waals surface area contributed by atoms with Gasteiger partial charge >= 0.3 is 0 Å². The number of Topliss-reactive ketones (excluding diaryl/α,β-unsaturated/α-hetero) is 1. The van der Waals surface area contributed by atoms with Gasteiger partial charge in [0.1, 0.15) is 5.78 Å². The number of nitrogens with zero attached hydrogens (tertiary/aromatic N) is 1. The summed E-state index contributed by atoms with van der Waals surface area (Å²) in [5, 5.41) is 11.3. The Morgan fingerprint density at radius 2 is 1.59 bits per heavy atom. The second-order valence-electron chi connectivity index (χ2n) is 13.2. The number of carbonyl (C=O) groups is 1. The van der Waals surface area contributed by atoms with Crippen LogP contribution in [-0.2, 0) is 4.79 Å². The first kappa shape index (κ1) is 20.5. The third-order valence-corrected chi connectivity index (χ3v) is 12.2. The summed E-state index contributed by atoms with van der Waals surface area (Å²) in [7, 11) is 4.34. The molecule has 0 radical (unpaired) electrons. The van der Waals surface area contributed by atoms with Gasteiger partial charge in [-0.2, -0.15) is 0 Å². The van der Waals surface area contributed by atoms with Gasteiger partial charge in [0.25, 0.3) is 0 Å². The molecule has 29 heavy (non-hydrogen) atoms. The molecular weight excluding hydrogens is 358 g/mol. The SMILES string of the molecule is CC(C1C(O)CC2(C)C3CCC4C(C)(C)C(=O)CCC45CC35CCC12C)N(C)C. The predicted octanol–water partition coefficient (Wildman–Crippen LogP) is 4.92. The monoisotopic (exact) mass is 401 g/mol. The van der Waals surface area contributed by atoms with Crippen LogP contribution in [0.2, 0.25) is 0 Å². The van der Waals surface area contributed by atoms with Gasteiger partial charge in [-0.3, -0.25) is 4.79 Å². The van der Waals surface area contributed by atoms with Crippen LogP contribution in [0.15, 0.2) is 0 Å². The van der Waals surface area contributed by atoms with E-state index < -0.39 is 0 Å². The zero-order valence-electron chi connectivity index (χ0n) is 19.8. The van der Waals surface area contributed by atoms with Crippen LogP contribution in [0.5, 0.6) is 0 Å². The third-order valence-electron chi connectivity index (χ3n) is 12.2. The highest BCUT2D eigenvalue weighted by molar-refractivity contribution is 5.86. The maximum Gasteiger partial charge on any atom is 0.138 e. The Hall–Kier alpha value is -0.410. The lowest BCUT2D eigenvalue weighted by molar-refractivity contribution is -0.157. The molecule has 5 aliphatic carbocycles. The van der Waals surface area contributed by atoms with E-state index in [4.69, 9.17) is 0 Å². The second kappa shape index (κ2) is 5.68. The van der Waals surface area contributed by atoms with Gasteiger partial charge < -0.3 is 10.0 Å². The molecule has 9 atom stereocenters. The first-order valence-electron chi connectivity index (χ1n) is 12.3. The van der Waals surface area contributed by atoms with E-state index >= 15 is 0 Å². The van der Waals surface area contributed by atoms with Crippen molar-refractivity contribution in [2.45, 2.75) is 98.1 Å². The number of aliphatic hydroxyl groups is 1. The van der Waals surface area contributed by atoms with E-state index in [9.17, 15) is 9.90 Å². The Kier molecular flexibility index (Phi) is 4.02. The van der Waals surface area contributed by atoms with Crippen LogP contribution in [0.25, 0.3) is 0 Å². The van der Waals surface area contributed by atoms with Crippen molar-refractivity contribution in [2.75, 3.05) is 14.1 Å². The minimum Gasteiger partial charge on any atom is -0.393 e. The first-order chi connectivity index (χ1) is 13.4. The van der Waals surface area contributed by atoms with Crippen molar-refractivity contribution in [1.82, 2.24) is 4.90 Å². The zero-order valence-corrected chi connectivity index (χ0v) is 19.8. The van der Waals surface area contributed by atoms with Crippen LogP contribution in [0.1, 0.15) is 86.0 Å². The average Bonchev–Trinajstić information content (AvgIpc) is 3.24. The summed E-state index contributed by atoms with van der Waals surface area (Å²) >= 11 is 0. The standard InChI is InChI=1S/C26H43NO2/c1-16(27(6)7)21-17(28)14-24(5)19-9-8-18-22(2,3)20(29)10-11-25(18)15-26(19,25)13-12-23(21,24)4/h16-19,21,28H,8-15H2,1-7H3. The molecular formula is C26H43NO2. The Morgan fingerprint density at radius 3 is 2.24 bits per heavy atom. The highest BCUT2D eigenvalue weighted by atomic mass is 16.3. The second-order valence-corrected chi connectivity index (χ2v) is 13.2. The number of fused-ring (bicyclic) bond motifs is 2. The van der Waals surface area contributed by atoms with Crippen LogP contribution in [0.4, 0.5) is 0 Å². The molecule has 1 N–H and O–H groups in total. The Morgan fingerprint density at radius 1 is 0.966 bits per heavy atom. The summed E-state index contributed by atoms with van der Waals surface area (Å²) in [6, 6.07) is 0.404. The van der Waals surface area contributed by atoms with E-state index in [0.29, 0.717) is 34.5 Å². The lowest BCUT2D eigenvalue weighted by Gasteiger charge is -2.62. The summed E-state index contributed by atoms with van der Waals surface area (Å²) in [6.45, 7) is 11.9. The van der Waals surface area contributed by atoms with Crippen molar-refractivity contribution in [3.63, 3.8) is 0 Å². The van der Waals surface area contributed by atoms with Gasteiger partial charge in [-0.15, -0.1) is 0 Å². The number of carbonyl (C=O) groups excluding carboxylic acids is 1. The molecule has 0 aromatic heterocycles. The van der Waals surface area contributed by atoms with Gasteiger partial charge in [-0.25, -0.2) is 0 Å². The minimum absolute atomic E-state index is 0.133. The Bertz CT molecular complexity index is 745. The fourth-order valence-electron chi connectivity index (χ4n) is 10.5. The molecule has 0 bridgehead atoms. The number of hydrogen-bond donors (Lipinski definition) is 1. The van der Waals surface area contributed by atoms with E-state index in [0.717, 1.165) is 25.2 Å². The molecule has 0 aromatic carbocycles. The Labute approximate surface area is 178 Å². The number of hydrogen-bond acceptors (Lipinski definition) is 3. The molecule has 0 aliphatic heterocycles. The van der Waals surface area contributed by atoms with Crippen LogP contribution in [0.3, 0.4) is 0 Å². The van der Waals surface area contributed by atoms with Gasteiger partial charge in [0.2, 0.25) is 0 Å². The summed E-state index contributed by atoms with van der Waals surface area (Å²) in [5.41, 5.74) is 1.18. The zero-order chi connectivity index (χ0) is 21.2. The topological polar surface area (TPSA) is 40.5 Å². The van der Waals surface area contributed by atoms with E-state index in [2.05, 4.69) is 53.6 Å². The van der Waals surface area contributed by atoms with Crippen LogP contribution in [-0.4, -0.2) is 42.0 Å². The third kappa shape index (κ3) is 2.11. The first-order valence-corrected chi connectivity index (χ1v) is 12.3. The molecule has 5 fully saturated rings. The molecule has 5 saturated carbocycles. The van der Waals surface area contributed by atoms with Gasteiger partial charge in [0, 0.05) is 23.8 Å². The van der Waals surface area contributed by atoms with Crippen molar-refractivity contribution in [1.29, 1.82) is 0 Å². The van der Waals surface area contributed by atoms with E-state index in [1.807, 2.05) is 0 Å². The highest BCUT2D eigenvalue weighted by Crippen LogP contribution is 2.88. The van der Waals surface area contributed by atoms with Gasteiger partial charge in [0.05, 0.1) is 6.10 Å². The van der Waals surface area contributed by atoms with Crippen molar-refractivity contribution in [3.8, 4) is 0 Å². The molecule has 0 aromatic rings. The molecule has 0 saturated heterocycles. The summed E-state index contributed by atoms with van der Waals surface area (Å²) in [4.78, 5) is 15.1. The number of rotatable bonds is 2. The maximum atomic E-state index is 12.8.